The SMILES string of the molecule is CCN(CC)C[C@@H]1CC[C@]2(COCCN(C(=O)c3cc(C)on3)C2)O1. The second-order valence-corrected chi connectivity index (χ2v) is 7.05. The fraction of sp³-hybridized carbons (Fsp3) is 0.778. The summed E-state index contributed by atoms with van der Waals surface area (Å²) in [6.45, 7) is 11.3. The predicted octanol–water partition coefficient (Wildman–Crippen LogP) is 1.72. The highest BCUT2D eigenvalue weighted by Gasteiger charge is 2.44. The molecule has 0 bridgehead atoms. The third kappa shape index (κ3) is 4.22. The van der Waals surface area contributed by atoms with Gasteiger partial charge in [-0.25, -0.2) is 0 Å². The Labute approximate surface area is 149 Å². The molecule has 140 valence electrons. The molecule has 1 aromatic rings. The van der Waals surface area contributed by atoms with Crippen LogP contribution >= 0.6 is 0 Å². The molecule has 2 aliphatic heterocycles. The number of carbonyl (C=O) groups excluding carboxylic acids is 1. The van der Waals surface area contributed by atoms with Gasteiger partial charge in [0.1, 0.15) is 11.4 Å². The standard InChI is InChI=1S/C18H29N3O4/c1-4-20(5-2)11-15-6-7-18(24-15)12-21(8-9-23-13-18)17(22)16-10-14(3)25-19-16/h10,15H,4-9,11-13H2,1-3H3/t15-,18-/m0/s1. The average Bonchev–Trinajstić information content (AvgIpc) is 3.15. The molecule has 2 aliphatic rings. The first-order valence-electron chi connectivity index (χ1n) is 9.26. The van der Waals surface area contributed by atoms with Crippen LogP contribution in [0.3, 0.4) is 0 Å². The molecule has 25 heavy (non-hydrogen) atoms. The zero-order valence-electron chi connectivity index (χ0n) is 15.5. The first kappa shape index (κ1) is 18.4. The molecule has 1 aromatic heterocycles. The molecule has 1 amide bonds. The van der Waals surface area contributed by atoms with Crippen molar-refractivity contribution in [1.82, 2.24) is 15.0 Å². The van der Waals surface area contributed by atoms with Crippen molar-refractivity contribution in [2.45, 2.75) is 45.3 Å². The summed E-state index contributed by atoms with van der Waals surface area (Å²) in [5.74, 6) is 0.526. The molecule has 3 heterocycles. The third-order valence-corrected chi connectivity index (χ3v) is 5.18. The maximum absolute atomic E-state index is 12.7. The van der Waals surface area contributed by atoms with Crippen molar-refractivity contribution in [2.24, 2.45) is 0 Å². The molecular weight excluding hydrogens is 322 g/mol. The van der Waals surface area contributed by atoms with Crippen molar-refractivity contribution >= 4 is 5.91 Å². The van der Waals surface area contributed by atoms with Crippen LogP contribution in [0.25, 0.3) is 0 Å². The Morgan fingerprint density at radius 3 is 2.92 bits per heavy atom. The molecule has 0 radical (unpaired) electrons. The van der Waals surface area contributed by atoms with Gasteiger partial charge in [-0.3, -0.25) is 4.79 Å². The number of aryl methyl sites for hydroxylation is 1. The zero-order chi connectivity index (χ0) is 17.9. The van der Waals surface area contributed by atoms with Gasteiger partial charge >= 0.3 is 0 Å². The quantitative estimate of drug-likeness (QED) is 0.805. The summed E-state index contributed by atoms with van der Waals surface area (Å²) in [7, 11) is 0. The van der Waals surface area contributed by atoms with Gasteiger partial charge in [-0.2, -0.15) is 0 Å². The van der Waals surface area contributed by atoms with Crippen molar-refractivity contribution < 1.29 is 18.8 Å². The van der Waals surface area contributed by atoms with Crippen LogP contribution < -0.4 is 0 Å². The number of carbonyl (C=O) groups is 1. The lowest BCUT2D eigenvalue weighted by molar-refractivity contribution is -0.0896. The van der Waals surface area contributed by atoms with Crippen LogP contribution in [0, 0.1) is 6.92 Å². The molecule has 3 rings (SSSR count). The Kier molecular flexibility index (Phi) is 5.76. The van der Waals surface area contributed by atoms with E-state index in [4.69, 9.17) is 14.0 Å². The van der Waals surface area contributed by atoms with E-state index < -0.39 is 5.60 Å². The second-order valence-electron chi connectivity index (χ2n) is 7.05. The van der Waals surface area contributed by atoms with Crippen LogP contribution in [0.1, 0.15) is 42.9 Å². The summed E-state index contributed by atoms with van der Waals surface area (Å²) >= 11 is 0. The number of aromatic nitrogens is 1. The molecule has 0 saturated carbocycles. The fourth-order valence-corrected chi connectivity index (χ4v) is 3.72. The van der Waals surface area contributed by atoms with Gasteiger partial charge in [0.15, 0.2) is 5.69 Å². The Morgan fingerprint density at radius 2 is 2.24 bits per heavy atom. The number of hydrogen-bond donors (Lipinski definition) is 0. The predicted molar refractivity (Wildman–Crippen MR) is 92.6 cm³/mol. The van der Waals surface area contributed by atoms with Crippen molar-refractivity contribution in [3.8, 4) is 0 Å². The van der Waals surface area contributed by atoms with Gasteiger partial charge in [-0.05, 0) is 32.9 Å². The van der Waals surface area contributed by atoms with E-state index >= 15 is 0 Å². The van der Waals surface area contributed by atoms with Crippen molar-refractivity contribution in [2.75, 3.05) is 45.9 Å². The van der Waals surface area contributed by atoms with Gasteiger partial charge in [0.25, 0.3) is 5.91 Å². The van der Waals surface area contributed by atoms with Gasteiger partial charge in [-0.15, -0.1) is 0 Å². The minimum Gasteiger partial charge on any atom is -0.377 e. The lowest BCUT2D eigenvalue weighted by atomic mass is 10.00. The number of rotatable bonds is 5. The Morgan fingerprint density at radius 1 is 1.44 bits per heavy atom. The lowest BCUT2D eigenvalue weighted by Crippen LogP contribution is -2.47. The van der Waals surface area contributed by atoms with Crippen LogP contribution in [0.2, 0.25) is 0 Å². The van der Waals surface area contributed by atoms with E-state index in [1.165, 1.54) is 0 Å². The first-order valence-corrected chi connectivity index (χ1v) is 9.26. The summed E-state index contributed by atoms with van der Waals surface area (Å²) in [4.78, 5) is 16.9. The maximum atomic E-state index is 12.7. The molecule has 0 N–H and O–H groups in total. The third-order valence-electron chi connectivity index (χ3n) is 5.18. The van der Waals surface area contributed by atoms with E-state index in [-0.39, 0.29) is 12.0 Å². The Hall–Kier alpha value is -1.44. The zero-order valence-corrected chi connectivity index (χ0v) is 15.5. The van der Waals surface area contributed by atoms with Gasteiger partial charge in [0, 0.05) is 19.2 Å². The van der Waals surface area contributed by atoms with Crippen LogP contribution in [-0.4, -0.2) is 78.5 Å². The molecule has 0 aliphatic carbocycles. The molecule has 2 atom stereocenters. The lowest BCUT2D eigenvalue weighted by Gasteiger charge is -2.32. The molecular formula is C18H29N3O4. The van der Waals surface area contributed by atoms with Crippen LogP contribution in [0.5, 0.6) is 0 Å². The number of ether oxygens (including phenoxy) is 2. The van der Waals surface area contributed by atoms with Gasteiger partial charge < -0.3 is 23.8 Å². The van der Waals surface area contributed by atoms with E-state index in [1.807, 2.05) is 0 Å². The molecule has 0 unspecified atom stereocenters. The van der Waals surface area contributed by atoms with E-state index in [0.29, 0.717) is 37.8 Å². The molecule has 7 heteroatoms. The minimum absolute atomic E-state index is 0.113. The maximum Gasteiger partial charge on any atom is 0.276 e. The molecule has 0 aromatic carbocycles. The Balaban J connectivity index is 1.66. The van der Waals surface area contributed by atoms with Crippen molar-refractivity contribution in [3.63, 3.8) is 0 Å². The molecule has 2 fully saturated rings. The monoisotopic (exact) mass is 351 g/mol. The van der Waals surface area contributed by atoms with Gasteiger partial charge in [0.2, 0.25) is 0 Å². The summed E-state index contributed by atoms with van der Waals surface area (Å²) in [6.07, 6.45) is 2.12. The van der Waals surface area contributed by atoms with Crippen LogP contribution in [0.4, 0.5) is 0 Å². The molecule has 2 saturated heterocycles. The smallest absolute Gasteiger partial charge is 0.276 e. The summed E-state index contributed by atoms with van der Waals surface area (Å²) in [5, 5.41) is 3.86. The van der Waals surface area contributed by atoms with Crippen LogP contribution in [-0.2, 0) is 9.47 Å². The highest BCUT2D eigenvalue weighted by Crippen LogP contribution is 2.33. The van der Waals surface area contributed by atoms with Crippen LogP contribution in [0.15, 0.2) is 10.6 Å². The summed E-state index contributed by atoms with van der Waals surface area (Å²) in [6, 6.07) is 1.68. The largest absolute Gasteiger partial charge is 0.377 e. The number of hydrogen-bond acceptors (Lipinski definition) is 6. The van der Waals surface area contributed by atoms with E-state index in [9.17, 15) is 4.79 Å². The van der Waals surface area contributed by atoms with Gasteiger partial charge in [0.05, 0.1) is 25.9 Å². The Bertz CT molecular complexity index is 587. The van der Waals surface area contributed by atoms with E-state index in [1.54, 1.807) is 17.9 Å². The number of amides is 1. The van der Waals surface area contributed by atoms with Gasteiger partial charge in [-0.1, -0.05) is 19.0 Å². The summed E-state index contributed by atoms with van der Waals surface area (Å²) in [5.41, 5.74) is -0.0461. The second kappa shape index (κ2) is 7.85. The number of nitrogens with zero attached hydrogens (tertiary/aromatic N) is 3. The fourth-order valence-electron chi connectivity index (χ4n) is 3.72. The molecule has 7 nitrogen and oxygen atoms in total. The van der Waals surface area contributed by atoms with Crippen molar-refractivity contribution in [1.29, 1.82) is 0 Å². The van der Waals surface area contributed by atoms with Crippen molar-refractivity contribution in [3.05, 3.63) is 17.5 Å². The highest BCUT2D eigenvalue weighted by atomic mass is 16.6. The highest BCUT2D eigenvalue weighted by molar-refractivity contribution is 5.92. The number of likely N-dealkylation sites (N-methyl/N-ethyl adjacent to an activating group) is 1. The average molecular weight is 351 g/mol. The summed E-state index contributed by atoms with van der Waals surface area (Å²) < 4.78 is 17.2. The van der Waals surface area contributed by atoms with E-state index in [2.05, 4.69) is 23.9 Å². The first-order chi connectivity index (χ1) is 12.0. The minimum atomic E-state index is -0.400. The van der Waals surface area contributed by atoms with E-state index in [0.717, 1.165) is 32.5 Å². The molecule has 1 spiro atoms. The normalized spacial score (nSPS) is 27.2. The topological polar surface area (TPSA) is 68.0 Å².